The number of carbonyl (C=O) groups excluding carboxylic acids is 1. The van der Waals surface area contributed by atoms with Gasteiger partial charge in [-0.05, 0) is 42.8 Å². The highest BCUT2D eigenvalue weighted by Gasteiger charge is 2.13. The van der Waals surface area contributed by atoms with Crippen LogP contribution in [0.4, 0.5) is 15.8 Å². The Morgan fingerprint density at radius 2 is 2.10 bits per heavy atom. The van der Waals surface area contributed by atoms with Gasteiger partial charge >= 0.3 is 0 Å². The number of rotatable bonds is 2. The number of nitrogens with two attached hydrogens (primary N) is 1. The van der Waals surface area contributed by atoms with Gasteiger partial charge in [0.15, 0.2) is 0 Å². The molecule has 0 aliphatic heterocycles. The highest BCUT2D eigenvalue weighted by atomic mass is 19.1. The number of halogens is 1. The fourth-order valence-corrected chi connectivity index (χ4v) is 1.78. The van der Waals surface area contributed by atoms with Crippen molar-refractivity contribution in [2.45, 2.75) is 6.92 Å². The molecule has 0 fully saturated rings. The number of nitriles is 1. The first-order valence-electron chi connectivity index (χ1n) is 5.89. The number of amides is 1. The Morgan fingerprint density at radius 3 is 2.75 bits per heavy atom. The average Bonchev–Trinajstić information content (AvgIpc) is 2.44. The van der Waals surface area contributed by atoms with E-state index in [1.807, 2.05) is 6.07 Å². The van der Waals surface area contributed by atoms with Gasteiger partial charge in [-0.25, -0.2) is 4.39 Å². The molecule has 0 aromatic heterocycles. The molecule has 100 valence electrons. The lowest BCUT2D eigenvalue weighted by Crippen LogP contribution is -2.15. The van der Waals surface area contributed by atoms with Crippen molar-refractivity contribution in [1.29, 1.82) is 5.26 Å². The summed E-state index contributed by atoms with van der Waals surface area (Å²) in [6.07, 6.45) is 0. The Hall–Kier alpha value is -2.87. The van der Waals surface area contributed by atoms with Crippen molar-refractivity contribution < 1.29 is 9.18 Å². The molecule has 0 heterocycles. The molecule has 2 rings (SSSR count). The molecule has 0 unspecified atom stereocenters. The molecule has 0 atom stereocenters. The van der Waals surface area contributed by atoms with Gasteiger partial charge in [-0.1, -0.05) is 6.07 Å². The zero-order valence-corrected chi connectivity index (χ0v) is 10.8. The molecule has 3 N–H and O–H groups in total. The molecule has 4 nitrogen and oxygen atoms in total. The number of nitrogen functional groups attached to an aromatic ring is 1. The van der Waals surface area contributed by atoms with Crippen LogP contribution in [0.25, 0.3) is 0 Å². The predicted molar refractivity (Wildman–Crippen MR) is 74.7 cm³/mol. The number of anilines is 2. The van der Waals surface area contributed by atoms with Crippen LogP contribution in [-0.4, -0.2) is 5.91 Å². The third-order valence-corrected chi connectivity index (χ3v) is 2.97. The summed E-state index contributed by atoms with van der Waals surface area (Å²) in [6.45, 7) is 1.72. The van der Waals surface area contributed by atoms with Crippen molar-refractivity contribution in [3.05, 3.63) is 58.9 Å². The number of benzene rings is 2. The molecule has 0 bridgehead atoms. The Bertz CT molecular complexity index is 720. The van der Waals surface area contributed by atoms with Crippen molar-refractivity contribution in [2.24, 2.45) is 0 Å². The van der Waals surface area contributed by atoms with Crippen molar-refractivity contribution >= 4 is 17.3 Å². The van der Waals surface area contributed by atoms with Gasteiger partial charge in [-0.2, -0.15) is 5.26 Å². The maximum absolute atomic E-state index is 13.7. The average molecular weight is 269 g/mol. The van der Waals surface area contributed by atoms with E-state index in [-0.39, 0.29) is 11.3 Å². The van der Waals surface area contributed by atoms with Crippen molar-refractivity contribution in [1.82, 2.24) is 0 Å². The van der Waals surface area contributed by atoms with Gasteiger partial charge in [-0.3, -0.25) is 4.79 Å². The molecule has 0 saturated heterocycles. The number of carbonyl (C=O) groups is 1. The minimum Gasteiger partial charge on any atom is -0.398 e. The van der Waals surface area contributed by atoms with Crippen LogP contribution in [0.5, 0.6) is 0 Å². The topological polar surface area (TPSA) is 78.9 Å². The molecule has 0 spiro atoms. The number of hydrogen-bond donors (Lipinski definition) is 2. The summed E-state index contributed by atoms with van der Waals surface area (Å²) in [6, 6.07) is 10.7. The van der Waals surface area contributed by atoms with Crippen LogP contribution in [0.2, 0.25) is 0 Å². The van der Waals surface area contributed by atoms with Crippen LogP contribution < -0.4 is 11.1 Å². The van der Waals surface area contributed by atoms with E-state index in [1.165, 1.54) is 12.1 Å². The van der Waals surface area contributed by atoms with E-state index in [0.717, 1.165) is 6.07 Å². The molecule has 0 radical (unpaired) electrons. The second-order valence-electron chi connectivity index (χ2n) is 4.28. The molecular formula is C15H12FN3O. The minimum atomic E-state index is -0.654. The number of hydrogen-bond acceptors (Lipinski definition) is 3. The van der Waals surface area contributed by atoms with Crippen LogP contribution in [-0.2, 0) is 0 Å². The predicted octanol–water partition coefficient (Wildman–Crippen LogP) is 2.84. The smallest absolute Gasteiger partial charge is 0.256 e. The fraction of sp³-hybridized carbons (Fsp3) is 0.0667. The first-order valence-corrected chi connectivity index (χ1v) is 5.89. The fourth-order valence-electron chi connectivity index (χ4n) is 1.78. The van der Waals surface area contributed by atoms with Crippen LogP contribution in [0.3, 0.4) is 0 Å². The zero-order valence-electron chi connectivity index (χ0n) is 10.8. The molecule has 0 aliphatic rings. The van der Waals surface area contributed by atoms with Crippen molar-refractivity contribution in [2.75, 3.05) is 11.1 Å². The first kappa shape index (κ1) is 13.6. The normalized spacial score (nSPS) is 9.85. The van der Waals surface area contributed by atoms with E-state index in [0.29, 0.717) is 16.8 Å². The maximum atomic E-state index is 13.7. The monoisotopic (exact) mass is 269 g/mol. The zero-order chi connectivity index (χ0) is 14.7. The summed E-state index contributed by atoms with van der Waals surface area (Å²) in [5, 5.41) is 11.1. The van der Waals surface area contributed by atoms with Gasteiger partial charge in [0.2, 0.25) is 0 Å². The Morgan fingerprint density at radius 1 is 1.35 bits per heavy atom. The lowest BCUT2D eigenvalue weighted by atomic mass is 10.1. The van der Waals surface area contributed by atoms with E-state index >= 15 is 0 Å². The highest BCUT2D eigenvalue weighted by molar-refractivity contribution is 6.06. The molecule has 5 heteroatoms. The van der Waals surface area contributed by atoms with E-state index in [1.54, 1.807) is 25.1 Å². The van der Waals surface area contributed by atoms with Crippen molar-refractivity contribution in [3.8, 4) is 6.07 Å². The van der Waals surface area contributed by atoms with Crippen LogP contribution >= 0.6 is 0 Å². The van der Waals surface area contributed by atoms with Gasteiger partial charge in [-0.15, -0.1) is 0 Å². The van der Waals surface area contributed by atoms with Crippen LogP contribution in [0, 0.1) is 24.1 Å². The van der Waals surface area contributed by atoms with Crippen LogP contribution in [0.15, 0.2) is 36.4 Å². The minimum absolute atomic E-state index is 0.0239. The highest BCUT2D eigenvalue weighted by Crippen LogP contribution is 2.19. The molecule has 20 heavy (non-hydrogen) atoms. The van der Waals surface area contributed by atoms with E-state index in [9.17, 15) is 9.18 Å². The largest absolute Gasteiger partial charge is 0.398 e. The summed E-state index contributed by atoms with van der Waals surface area (Å²) in [7, 11) is 0. The molecule has 0 aliphatic carbocycles. The van der Waals surface area contributed by atoms with E-state index in [2.05, 4.69) is 5.32 Å². The van der Waals surface area contributed by atoms with Gasteiger partial charge in [0.25, 0.3) is 5.91 Å². The quantitative estimate of drug-likeness (QED) is 0.823. The molecule has 1 amide bonds. The number of nitrogens with one attached hydrogen (secondary N) is 1. The van der Waals surface area contributed by atoms with Crippen molar-refractivity contribution in [3.63, 3.8) is 0 Å². The maximum Gasteiger partial charge on any atom is 0.256 e. The Labute approximate surface area is 115 Å². The third-order valence-electron chi connectivity index (χ3n) is 2.97. The summed E-state index contributed by atoms with van der Waals surface area (Å²) in [5.74, 6) is -1.10. The van der Waals surface area contributed by atoms with E-state index < -0.39 is 11.7 Å². The van der Waals surface area contributed by atoms with Gasteiger partial charge in [0.1, 0.15) is 5.82 Å². The first-order chi connectivity index (χ1) is 9.52. The van der Waals surface area contributed by atoms with Gasteiger partial charge < -0.3 is 11.1 Å². The molecule has 2 aromatic rings. The summed E-state index contributed by atoms with van der Waals surface area (Å²) in [5.41, 5.74) is 7.47. The summed E-state index contributed by atoms with van der Waals surface area (Å²) in [4.78, 5) is 12.1. The number of nitrogens with zero attached hydrogens (tertiary/aromatic N) is 1. The van der Waals surface area contributed by atoms with Crippen LogP contribution in [0.1, 0.15) is 21.5 Å². The lowest BCUT2D eigenvalue weighted by Gasteiger charge is -2.10. The summed E-state index contributed by atoms with van der Waals surface area (Å²) < 4.78 is 13.7. The third kappa shape index (κ3) is 2.59. The molecule has 2 aromatic carbocycles. The van der Waals surface area contributed by atoms with E-state index in [4.69, 9.17) is 11.0 Å². The Kier molecular flexibility index (Phi) is 3.67. The second kappa shape index (κ2) is 5.41. The molecule has 0 saturated carbocycles. The second-order valence-corrected chi connectivity index (χ2v) is 4.28. The van der Waals surface area contributed by atoms with Gasteiger partial charge in [0, 0.05) is 11.3 Å². The Balaban J connectivity index is 2.29. The summed E-state index contributed by atoms with van der Waals surface area (Å²) >= 11 is 0. The molecular weight excluding hydrogens is 257 g/mol. The SMILES string of the molecule is Cc1c(N)cccc1C(=O)Nc1ccc(C#N)cc1F. The standard InChI is InChI=1S/C15H12FN3O/c1-9-11(3-2-4-13(9)18)15(20)19-14-6-5-10(8-17)7-12(14)16/h2-7H,18H2,1H3,(H,19,20). The van der Waals surface area contributed by atoms with Gasteiger partial charge in [0.05, 0.1) is 17.3 Å². The lowest BCUT2D eigenvalue weighted by molar-refractivity contribution is 0.102.